The number of nitrogens with one attached hydrogen (secondary N) is 1. The van der Waals surface area contributed by atoms with E-state index in [1.165, 1.54) is 5.56 Å². The lowest BCUT2D eigenvalue weighted by atomic mass is 9.94. The Bertz CT molecular complexity index is 369. The predicted octanol–water partition coefficient (Wildman–Crippen LogP) is 2.59. The van der Waals surface area contributed by atoms with Crippen LogP contribution in [0.2, 0.25) is 0 Å². The zero-order chi connectivity index (χ0) is 14.1. The average molecular weight is 281 g/mol. The minimum Gasteiger partial charge on any atom is -0.394 e. The Kier molecular flexibility index (Phi) is 6.95. The van der Waals surface area contributed by atoms with Crippen LogP contribution < -0.4 is 5.32 Å². The van der Waals surface area contributed by atoms with E-state index in [2.05, 4.69) is 17.4 Å². The van der Waals surface area contributed by atoms with Crippen molar-refractivity contribution in [2.75, 3.05) is 12.4 Å². The van der Waals surface area contributed by atoms with E-state index in [0.717, 1.165) is 18.6 Å². The predicted molar refractivity (Wildman–Crippen MR) is 81.1 cm³/mol. The quantitative estimate of drug-likeness (QED) is 0.770. The van der Waals surface area contributed by atoms with Gasteiger partial charge in [0.15, 0.2) is 0 Å². The van der Waals surface area contributed by atoms with E-state index in [1.54, 1.807) is 11.8 Å². The lowest BCUT2D eigenvalue weighted by molar-refractivity contribution is -0.121. The topological polar surface area (TPSA) is 49.3 Å². The first-order valence-electron chi connectivity index (χ1n) is 6.69. The second-order valence-corrected chi connectivity index (χ2v) is 5.66. The molecule has 1 aromatic rings. The molecule has 0 spiro atoms. The number of hydrogen-bond donors (Lipinski definition) is 2. The van der Waals surface area contributed by atoms with Gasteiger partial charge in [0.05, 0.1) is 17.9 Å². The molecule has 0 aliphatic carbocycles. The number of carbonyl (C=O) groups is 1. The third kappa shape index (κ3) is 5.25. The van der Waals surface area contributed by atoms with Crippen molar-refractivity contribution in [3.63, 3.8) is 0 Å². The summed E-state index contributed by atoms with van der Waals surface area (Å²) in [6, 6.07) is 10.1. The second kappa shape index (κ2) is 8.23. The van der Waals surface area contributed by atoms with Gasteiger partial charge in [0.25, 0.3) is 0 Å². The van der Waals surface area contributed by atoms with Crippen LogP contribution in [0.15, 0.2) is 30.3 Å². The van der Waals surface area contributed by atoms with Gasteiger partial charge in [0.1, 0.15) is 0 Å². The van der Waals surface area contributed by atoms with Crippen LogP contribution in [0.3, 0.4) is 0 Å². The van der Waals surface area contributed by atoms with Crippen LogP contribution in [0.4, 0.5) is 0 Å². The van der Waals surface area contributed by atoms with Crippen LogP contribution in [0, 0.1) is 0 Å². The summed E-state index contributed by atoms with van der Waals surface area (Å²) in [4.78, 5) is 11.9. The molecular weight excluding hydrogens is 258 g/mol. The van der Waals surface area contributed by atoms with Crippen molar-refractivity contribution in [3.8, 4) is 0 Å². The summed E-state index contributed by atoms with van der Waals surface area (Å²) in [6.07, 6.45) is 1.49. The minimum absolute atomic E-state index is 0.00122. The maximum Gasteiger partial charge on any atom is 0.230 e. The van der Waals surface area contributed by atoms with Gasteiger partial charge in [-0.3, -0.25) is 4.79 Å². The molecule has 0 aliphatic heterocycles. The van der Waals surface area contributed by atoms with E-state index in [0.29, 0.717) is 5.75 Å². The molecular formula is C15H23NO2S. The van der Waals surface area contributed by atoms with E-state index in [1.807, 2.05) is 32.0 Å². The maximum atomic E-state index is 11.9. The summed E-state index contributed by atoms with van der Waals surface area (Å²) in [5, 5.41) is 12.4. The summed E-state index contributed by atoms with van der Waals surface area (Å²) < 4.78 is 0. The second-order valence-electron chi connectivity index (χ2n) is 4.67. The molecule has 0 saturated carbocycles. The van der Waals surface area contributed by atoms with Crippen LogP contribution in [0.1, 0.15) is 32.3 Å². The fourth-order valence-corrected chi connectivity index (χ4v) is 2.65. The monoisotopic (exact) mass is 281 g/mol. The third-order valence-corrected chi connectivity index (χ3v) is 4.41. The number of aliphatic hydroxyl groups is 1. The Balaban J connectivity index is 2.35. The van der Waals surface area contributed by atoms with Crippen molar-refractivity contribution in [2.24, 2.45) is 0 Å². The number of rotatable bonds is 8. The molecule has 0 bridgehead atoms. The third-order valence-electron chi connectivity index (χ3n) is 3.41. The first-order valence-corrected chi connectivity index (χ1v) is 7.85. The molecule has 3 nitrogen and oxygen atoms in total. The summed E-state index contributed by atoms with van der Waals surface area (Å²) >= 11 is 1.59. The highest BCUT2D eigenvalue weighted by molar-refractivity contribution is 7.99. The first kappa shape index (κ1) is 16.1. The van der Waals surface area contributed by atoms with Gasteiger partial charge in [-0.1, -0.05) is 44.2 Å². The molecule has 0 atom stereocenters. The van der Waals surface area contributed by atoms with Crippen molar-refractivity contribution in [2.45, 2.75) is 38.0 Å². The molecule has 0 aromatic heterocycles. The fourth-order valence-electron chi connectivity index (χ4n) is 1.86. The molecule has 4 heteroatoms. The van der Waals surface area contributed by atoms with Gasteiger partial charge in [0.2, 0.25) is 5.91 Å². The molecule has 0 fully saturated rings. The van der Waals surface area contributed by atoms with Gasteiger partial charge in [-0.15, -0.1) is 11.8 Å². The molecule has 0 unspecified atom stereocenters. The highest BCUT2D eigenvalue weighted by atomic mass is 32.2. The Morgan fingerprint density at radius 2 is 1.89 bits per heavy atom. The fraction of sp³-hybridized carbons (Fsp3) is 0.533. The minimum atomic E-state index is -0.454. The number of amides is 1. The van der Waals surface area contributed by atoms with Crippen LogP contribution in [-0.4, -0.2) is 28.9 Å². The van der Waals surface area contributed by atoms with Crippen LogP contribution in [0.25, 0.3) is 0 Å². The van der Waals surface area contributed by atoms with E-state index >= 15 is 0 Å². The molecule has 0 radical (unpaired) electrons. The lowest BCUT2D eigenvalue weighted by Gasteiger charge is -2.30. The van der Waals surface area contributed by atoms with Gasteiger partial charge in [0, 0.05) is 5.75 Å². The van der Waals surface area contributed by atoms with Crippen LogP contribution in [-0.2, 0) is 10.5 Å². The molecule has 0 aliphatic rings. The molecule has 2 N–H and O–H groups in total. The average Bonchev–Trinajstić information content (AvgIpc) is 2.46. The summed E-state index contributed by atoms with van der Waals surface area (Å²) in [5.74, 6) is 1.26. The van der Waals surface area contributed by atoms with Crippen LogP contribution in [0.5, 0.6) is 0 Å². The molecule has 1 amide bonds. The van der Waals surface area contributed by atoms with E-state index in [4.69, 9.17) is 0 Å². The number of hydrogen-bond acceptors (Lipinski definition) is 3. The largest absolute Gasteiger partial charge is 0.394 e. The molecule has 106 valence electrons. The molecule has 0 saturated heterocycles. The maximum absolute atomic E-state index is 11.9. The van der Waals surface area contributed by atoms with Crippen molar-refractivity contribution in [1.82, 2.24) is 5.32 Å². The van der Waals surface area contributed by atoms with Crippen molar-refractivity contribution >= 4 is 17.7 Å². The number of aliphatic hydroxyl groups excluding tert-OH is 1. The molecule has 0 heterocycles. The van der Waals surface area contributed by atoms with E-state index in [-0.39, 0.29) is 12.5 Å². The standard InChI is InChI=1S/C15H23NO2S/c1-3-15(4-2,12-17)16-14(18)11-19-10-13-8-6-5-7-9-13/h5-9,17H,3-4,10-12H2,1-2H3,(H,16,18). The summed E-state index contributed by atoms with van der Waals surface area (Å²) in [5.41, 5.74) is 0.768. The molecule has 1 rings (SSSR count). The highest BCUT2D eigenvalue weighted by Crippen LogP contribution is 2.16. The Labute approximate surface area is 119 Å². The molecule has 1 aromatic carbocycles. The van der Waals surface area contributed by atoms with Gasteiger partial charge >= 0.3 is 0 Å². The Morgan fingerprint density at radius 3 is 2.42 bits per heavy atom. The molecule has 19 heavy (non-hydrogen) atoms. The van der Waals surface area contributed by atoms with Gasteiger partial charge in [-0.05, 0) is 18.4 Å². The highest BCUT2D eigenvalue weighted by Gasteiger charge is 2.26. The van der Waals surface area contributed by atoms with Gasteiger partial charge in [-0.25, -0.2) is 0 Å². The van der Waals surface area contributed by atoms with Crippen molar-refractivity contribution in [1.29, 1.82) is 0 Å². The van der Waals surface area contributed by atoms with Crippen molar-refractivity contribution < 1.29 is 9.90 Å². The lowest BCUT2D eigenvalue weighted by Crippen LogP contribution is -2.51. The Morgan fingerprint density at radius 1 is 1.26 bits per heavy atom. The number of benzene rings is 1. The summed E-state index contributed by atoms with van der Waals surface area (Å²) in [6.45, 7) is 3.96. The summed E-state index contributed by atoms with van der Waals surface area (Å²) in [7, 11) is 0. The number of carbonyl (C=O) groups excluding carboxylic acids is 1. The zero-order valence-corrected chi connectivity index (χ0v) is 12.5. The normalized spacial score (nSPS) is 11.3. The Hall–Kier alpha value is -1.00. The number of thioether (sulfide) groups is 1. The van der Waals surface area contributed by atoms with Crippen molar-refractivity contribution in [3.05, 3.63) is 35.9 Å². The SMILES string of the molecule is CCC(CC)(CO)NC(=O)CSCc1ccccc1. The van der Waals surface area contributed by atoms with E-state index < -0.39 is 5.54 Å². The van der Waals surface area contributed by atoms with Gasteiger partial charge in [-0.2, -0.15) is 0 Å². The van der Waals surface area contributed by atoms with E-state index in [9.17, 15) is 9.90 Å². The smallest absolute Gasteiger partial charge is 0.230 e. The van der Waals surface area contributed by atoms with Gasteiger partial charge < -0.3 is 10.4 Å². The van der Waals surface area contributed by atoms with Crippen LogP contribution >= 0.6 is 11.8 Å². The first-order chi connectivity index (χ1) is 9.15. The zero-order valence-electron chi connectivity index (χ0n) is 11.7.